The Bertz CT molecular complexity index is 152. The molecule has 0 fully saturated rings. The van der Waals surface area contributed by atoms with Crippen molar-refractivity contribution in [2.75, 3.05) is 0 Å². The second kappa shape index (κ2) is 9.99. The Morgan fingerprint density at radius 3 is 2.36 bits per heavy atom. The first kappa shape index (κ1) is 18.6. The molecule has 0 aliphatic carbocycles. The number of rotatable bonds is 1. The Hall–Kier alpha value is 1.90. The van der Waals surface area contributed by atoms with Gasteiger partial charge in [0, 0.05) is 0 Å². The molecule has 11 heavy (non-hydrogen) atoms. The van der Waals surface area contributed by atoms with Gasteiger partial charge in [-0.25, -0.2) is 0 Å². The monoisotopic (exact) mass is 391 g/mol. The average Bonchev–Trinajstić information content (AvgIpc) is 2.14. The van der Waals surface area contributed by atoms with Crippen LogP contribution in [-0.4, -0.2) is 5.71 Å². The summed E-state index contributed by atoms with van der Waals surface area (Å²) >= 11 is 0. The van der Waals surface area contributed by atoms with Gasteiger partial charge in [-0.2, -0.15) is 0 Å². The Kier molecular flexibility index (Phi) is 16.9. The van der Waals surface area contributed by atoms with Gasteiger partial charge in [-0.1, -0.05) is 6.92 Å². The third kappa shape index (κ3) is 7.01. The fourth-order valence-corrected chi connectivity index (χ4v) is 0.690. The van der Waals surface area contributed by atoms with Crippen molar-refractivity contribution in [3.63, 3.8) is 0 Å². The summed E-state index contributed by atoms with van der Waals surface area (Å²) in [5.41, 5.74) is 2.17. The molecule has 1 nitrogen and oxygen atoms in total. The molecule has 0 saturated heterocycles. The Balaban J connectivity index is -0.000000213. The summed E-state index contributed by atoms with van der Waals surface area (Å²) in [6, 6.07) is 0. The molecule has 0 unspecified atom stereocenters. The van der Waals surface area contributed by atoms with Crippen molar-refractivity contribution >= 4 is 5.71 Å². The fourth-order valence-electron chi connectivity index (χ4n) is 0.690. The number of hydrogen-bond donors (Lipinski definition) is 0. The summed E-state index contributed by atoms with van der Waals surface area (Å²) in [5, 5.41) is 0. The normalized spacial score (nSPS) is 13.3. The minimum atomic E-state index is 0. The van der Waals surface area contributed by atoms with Gasteiger partial charge in [-0.3, -0.25) is 0 Å². The third-order valence-corrected chi connectivity index (χ3v) is 1.16. The van der Waals surface area contributed by atoms with Gasteiger partial charge in [-0.15, -0.1) is 18.5 Å². The molecule has 1 rings (SSSR count). The zero-order valence-electron chi connectivity index (χ0n) is 7.48. The molecular formula is C8H12NRbW. The van der Waals surface area contributed by atoms with Crippen molar-refractivity contribution < 1.29 is 79.3 Å². The van der Waals surface area contributed by atoms with Crippen LogP contribution in [0.3, 0.4) is 0 Å². The molecule has 1 aliphatic rings. The van der Waals surface area contributed by atoms with Crippen LogP contribution in [0.25, 0.3) is 0 Å². The maximum absolute atomic E-state index is 4.17. The third-order valence-electron chi connectivity index (χ3n) is 1.16. The molecule has 0 amide bonds. The molecule has 56 valence electrons. The molecular weight excluding hydrogens is 379 g/mol. The first-order valence-corrected chi connectivity index (χ1v) is 2.76. The van der Waals surface area contributed by atoms with Crippen LogP contribution in [0.1, 0.15) is 19.8 Å². The predicted molar refractivity (Wildman–Crippen MR) is 40.9 cm³/mol. The van der Waals surface area contributed by atoms with Gasteiger partial charge in [0.15, 0.2) is 0 Å². The van der Waals surface area contributed by atoms with E-state index >= 15 is 0 Å². The molecule has 3 heteroatoms. The van der Waals surface area contributed by atoms with Crippen LogP contribution in [0.2, 0.25) is 0 Å². The topological polar surface area (TPSA) is 12.4 Å². The zero-order valence-corrected chi connectivity index (χ0v) is 15.3. The molecule has 0 aromatic carbocycles. The number of aliphatic imine (C=N–C) groups is 1. The van der Waals surface area contributed by atoms with Gasteiger partial charge in [0.05, 0.1) is 0 Å². The van der Waals surface area contributed by atoms with E-state index < -0.39 is 0 Å². The molecule has 0 spiro atoms. The molecule has 0 aromatic heterocycles. The van der Waals surface area contributed by atoms with Gasteiger partial charge in [0.2, 0.25) is 0 Å². The maximum Gasteiger partial charge on any atom is 2.00 e. The smallest absolute Gasteiger partial charge is 0.468 e. The van der Waals surface area contributed by atoms with Crippen molar-refractivity contribution in [2.45, 2.75) is 19.8 Å². The largest absolute Gasteiger partial charge is 2.00 e. The van der Waals surface area contributed by atoms with Crippen molar-refractivity contribution in [2.24, 2.45) is 4.99 Å². The molecule has 0 bridgehead atoms. The van der Waals surface area contributed by atoms with Gasteiger partial charge in [0.25, 0.3) is 0 Å². The quantitative estimate of drug-likeness (QED) is 0.520. The Morgan fingerprint density at radius 2 is 2.18 bits per heavy atom. The summed E-state index contributed by atoms with van der Waals surface area (Å²) in [5.74, 6) is 0. The Morgan fingerprint density at radius 1 is 1.64 bits per heavy atom. The summed E-state index contributed by atoms with van der Waals surface area (Å²) < 4.78 is 0. The molecule has 0 N–H and O–H groups in total. The van der Waals surface area contributed by atoms with Crippen LogP contribution < -0.4 is 58.2 Å². The van der Waals surface area contributed by atoms with Crippen LogP contribution in [0.4, 0.5) is 0 Å². The van der Waals surface area contributed by atoms with Gasteiger partial charge in [0.1, 0.15) is 0 Å². The van der Waals surface area contributed by atoms with E-state index in [1.807, 2.05) is 6.92 Å². The van der Waals surface area contributed by atoms with Gasteiger partial charge < -0.3 is 25.4 Å². The zero-order chi connectivity index (χ0) is 5.98. The van der Waals surface area contributed by atoms with Crippen LogP contribution >= 0.6 is 0 Å². The van der Waals surface area contributed by atoms with E-state index in [2.05, 4.69) is 18.0 Å². The number of allylic oxidation sites excluding steroid dienone is 2. The molecule has 0 atom stereocenters. The SMILES string of the molecule is [CH2-]CC1=NC(C)=[C-]C1.[CH3-].[Rb+].[W+2]. The minimum absolute atomic E-state index is 0. The van der Waals surface area contributed by atoms with Crippen molar-refractivity contribution in [1.29, 1.82) is 0 Å². The summed E-state index contributed by atoms with van der Waals surface area (Å²) in [6.07, 6.45) is 4.82. The second-order valence-electron chi connectivity index (χ2n) is 1.87. The molecule has 1 aliphatic heterocycles. The van der Waals surface area contributed by atoms with Gasteiger partial charge >= 0.3 is 79.3 Å². The van der Waals surface area contributed by atoms with Crippen LogP contribution in [0, 0.1) is 20.4 Å². The van der Waals surface area contributed by atoms with E-state index in [-0.39, 0.29) is 86.7 Å². The minimum Gasteiger partial charge on any atom is -0.468 e. The van der Waals surface area contributed by atoms with Crippen molar-refractivity contribution in [3.8, 4) is 0 Å². The molecule has 0 radical (unpaired) electrons. The Labute approximate surface area is 133 Å². The van der Waals surface area contributed by atoms with E-state index in [9.17, 15) is 0 Å². The van der Waals surface area contributed by atoms with Crippen molar-refractivity contribution in [3.05, 3.63) is 26.1 Å². The number of hydrogen-bond acceptors (Lipinski definition) is 1. The number of nitrogens with zero attached hydrogens (tertiary/aromatic N) is 1. The fraction of sp³-hybridized carbons (Fsp3) is 0.375. The van der Waals surface area contributed by atoms with Crippen LogP contribution in [-0.2, 0) is 21.1 Å². The van der Waals surface area contributed by atoms with E-state index in [4.69, 9.17) is 0 Å². The van der Waals surface area contributed by atoms with E-state index in [1.54, 1.807) is 0 Å². The summed E-state index contributed by atoms with van der Waals surface area (Å²) in [6.45, 7) is 5.68. The first-order valence-electron chi connectivity index (χ1n) is 2.76. The predicted octanol–water partition coefficient (Wildman–Crippen LogP) is -0.786. The van der Waals surface area contributed by atoms with E-state index in [0.717, 1.165) is 24.3 Å². The van der Waals surface area contributed by atoms with E-state index in [1.165, 1.54) is 0 Å². The molecule has 0 saturated carbocycles. The van der Waals surface area contributed by atoms with E-state index in [0.29, 0.717) is 0 Å². The average molecular weight is 391 g/mol. The summed E-state index contributed by atoms with van der Waals surface area (Å²) in [4.78, 5) is 4.17. The van der Waals surface area contributed by atoms with Crippen molar-refractivity contribution in [1.82, 2.24) is 0 Å². The van der Waals surface area contributed by atoms with Gasteiger partial charge in [-0.05, 0) is 5.71 Å². The maximum atomic E-state index is 4.17. The summed E-state index contributed by atoms with van der Waals surface area (Å²) in [7, 11) is 0. The van der Waals surface area contributed by atoms with Crippen LogP contribution in [0.5, 0.6) is 0 Å². The molecule has 0 aromatic rings. The standard InChI is InChI=1S/C7H9N.CH3.Rb.W/c1-3-7-5-4-6(2)8-7;;;/h1,3,5H2,2H3;1H3;;/q-2;-1;+1;+2. The second-order valence-corrected chi connectivity index (χ2v) is 1.87. The first-order chi connectivity index (χ1) is 3.83. The molecule has 1 heterocycles. The van der Waals surface area contributed by atoms with Crippen LogP contribution in [0.15, 0.2) is 10.7 Å².